The van der Waals surface area contributed by atoms with Crippen LogP contribution >= 0.6 is 23.5 Å². The van der Waals surface area contributed by atoms with E-state index in [-0.39, 0.29) is 23.5 Å². The Balaban J connectivity index is 1.22. The first kappa shape index (κ1) is 33.6. The highest BCUT2D eigenvalue weighted by atomic mass is 32.2. The normalized spacial score (nSPS) is 27.9. The van der Waals surface area contributed by atoms with Gasteiger partial charge in [-0.05, 0) is 52.3 Å². The number of aliphatic imine (C=N–C) groups is 1. The van der Waals surface area contributed by atoms with Crippen molar-refractivity contribution in [1.29, 1.82) is 0 Å². The largest absolute Gasteiger partial charge is 0.508 e. The minimum atomic E-state index is -1.13. The molecule has 1 unspecified atom stereocenters. The van der Waals surface area contributed by atoms with Crippen LogP contribution in [-0.2, 0) is 43.0 Å². The summed E-state index contributed by atoms with van der Waals surface area (Å²) in [5.74, 6) is -3.23. The number of hydrogen-bond donors (Lipinski definition) is 2. The summed E-state index contributed by atoms with van der Waals surface area (Å²) < 4.78 is 13.9. The Hall–Kier alpha value is -3.79. The number of nitrogens with zero attached hydrogens (tertiary/aromatic N) is 3. The van der Waals surface area contributed by atoms with Gasteiger partial charge in [-0.25, -0.2) is 9.59 Å². The Labute approximate surface area is 273 Å². The Morgan fingerprint density at radius 3 is 2.17 bits per heavy atom. The van der Waals surface area contributed by atoms with Gasteiger partial charge in [0.2, 0.25) is 24.5 Å². The lowest BCUT2D eigenvalue weighted by Gasteiger charge is -2.44. The lowest BCUT2D eigenvalue weighted by molar-refractivity contribution is -0.181. The van der Waals surface area contributed by atoms with Crippen molar-refractivity contribution in [3.05, 3.63) is 29.8 Å². The molecule has 2 N–H and O–H groups in total. The van der Waals surface area contributed by atoms with Crippen LogP contribution in [0.5, 0.6) is 5.75 Å². The number of thioether (sulfide) groups is 2. The summed E-state index contributed by atoms with van der Waals surface area (Å²) in [7, 11) is 1.24. The van der Waals surface area contributed by atoms with Gasteiger partial charge >= 0.3 is 17.9 Å². The minimum Gasteiger partial charge on any atom is -0.508 e. The molecule has 5 rings (SSSR count). The average molecular weight is 677 g/mol. The number of β-lactam (4-membered cyclic amide) rings is 2. The van der Waals surface area contributed by atoms with Gasteiger partial charge in [-0.3, -0.25) is 24.2 Å². The first-order valence-electron chi connectivity index (χ1n) is 14.6. The Bertz CT molecular complexity index is 1500. The number of phenols is 1. The highest BCUT2D eigenvalue weighted by Gasteiger charge is 2.65. The molecule has 6 atom stereocenters. The van der Waals surface area contributed by atoms with Gasteiger partial charge in [-0.15, -0.1) is 23.5 Å². The van der Waals surface area contributed by atoms with Crippen LogP contribution in [-0.4, -0.2) is 109 Å². The number of phenolic OH excluding ortho intramolecular Hbond substituents is 1. The SMILES string of the molecule is COC(=O)CC(C)=NC(C(=O)N[C@@H]1C(=O)N2[C@@H]1SC(C)(C)[C@@H]2C(=O)OCOC(=O)[C@@H]1N2C(=O)C[C@H]2SC1(C)C)c1ccc(O)cc1. The van der Waals surface area contributed by atoms with Crippen LogP contribution in [0.1, 0.15) is 59.1 Å². The first-order valence-corrected chi connectivity index (χ1v) is 16.3. The zero-order valence-electron chi connectivity index (χ0n) is 26.2. The highest BCUT2D eigenvalue weighted by molar-refractivity contribution is 8.02. The van der Waals surface area contributed by atoms with E-state index in [0.717, 1.165) is 0 Å². The molecule has 0 spiro atoms. The van der Waals surface area contributed by atoms with Gasteiger partial charge < -0.3 is 34.4 Å². The summed E-state index contributed by atoms with van der Waals surface area (Å²) in [5.41, 5.74) is 0.750. The molecule has 4 aliphatic rings. The summed E-state index contributed by atoms with van der Waals surface area (Å²) in [6.45, 7) is 8.15. The van der Waals surface area contributed by atoms with E-state index < -0.39 is 75.6 Å². The van der Waals surface area contributed by atoms with Crippen molar-refractivity contribution in [2.24, 2.45) is 4.99 Å². The predicted molar refractivity (Wildman–Crippen MR) is 166 cm³/mol. The van der Waals surface area contributed by atoms with Crippen molar-refractivity contribution in [3.8, 4) is 5.75 Å². The monoisotopic (exact) mass is 676 g/mol. The minimum absolute atomic E-state index is 0.0125. The van der Waals surface area contributed by atoms with Crippen molar-refractivity contribution in [2.45, 2.75) is 91.9 Å². The van der Waals surface area contributed by atoms with Crippen LogP contribution in [0, 0.1) is 0 Å². The zero-order valence-corrected chi connectivity index (χ0v) is 27.8. The van der Waals surface area contributed by atoms with Gasteiger partial charge in [-0.2, -0.15) is 0 Å². The van der Waals surface area contributed by atoms with Crippen molar-refractivity contribution in [1.82, 2.24) is 15.1 Å². The number of nitrogens with one attached hydrogen (secondary N) is 1. The van der Waals surface area contributed by atoms with Crippen molar-refractivity contribution < 1.29 is 48.1 Å². The smallest absolute Gasteiger partial charge is 0.333 e. The van der Waals surface area contributed by atoms with Gasteiger partial charge in [0.15, 0.2) is 6.04 Å². The molecule has 14 nitrogen and oxygen atoms in total. The van der Waals surface area contributed by atoms with Crippen LogP contribution in [0.4, 0.5) is 0 Å². The maximum absolute atomic E-state index is 13.5. The van der Waals surface area contributed by atoms with E-state index in [0.29, 0.717) is 17.7 Å². The van der Waals surface area contributed by atoms with Gasteiger partial charge in [0, 0.05) is 15.2 Å². The molecular weight excluding hydrogens is 640 g/mol. The van der Waals surface area contributed by atoms with Gasteiger partial charge in [0.25, 0.3) is 0 Å². The molecule has 1 aromatic rings. The third kappa shape index (κ3) is 6.16. The van der Waals surface area contributed by atoms with Crippen molar-refractivity contribution in [3.63, 3.8) is 0 Å². The lowest BCUT2D eigenvalue weighted by Crippen LogP contribution is -2.71. The predicted octanol–water partition coefficient (Wildman–Crippen LogP) is 1.50. The topological polar surface area (TPSA) is 181 Å². The van der Waals surface area contributed by atoms with Gasteiger partial charge in [-0.1, -0.05) is 12.1 Å². The van der Waals surface area contributed by atoms with E-state index in [1.165, 1.54) is 64.7 Å². The number of carbonyl (C=O) groups excluding carboxylic acids is 6. The van der Waals surface area contributed by atoms with E-state index in [4.69, 9.17) is 9.47 Å². The molecule has 1 aromatic carbocycles. The van der Waals surface area contributed by atoms with Crippen LogP contribution in [0.3, 0.4) is 0 Å². The number of methoxy groups -OCH3 is 1. The van der Waals surface area contributed by atoms with Crippen LogP contribution in [0.25, 0.3) is 0 Å². The fourth-order valence-corrected chi connectivity index (χ4v) is 9.35. The van der Waals surface area contributed by atoms with Gasteiger partial charge in [0.05, 0.1) is 25.3 Å². The quantitative estimate of drug-likeness (QED) is 0.158. The number of carbonyl (C=O) groups is 6. The number of aromatic hydroxyl groups is 1. The third-order valence-electron chi connectivity index (χ3n) is 8.35. The molecular formula is C30H36N4O10S2. The van der Waals surface area contributed by atoms with E-state index in [1.807, 2.05) is 13.8 Å². The third-order valence-corrected chi connectivity index (χ3v) is 11.4. The molecule has 4 aliphatic heterocycles. The maximum atomic E-state index is 13.5. The molecule has 0 aromatic heterocycles. The average Bonchev–Trinajstić information content (AvgIpc) is 3.37. The fourth-order valence-electron chi connectivity index (χ4n) is 6.11. The summed E-state index contributed by atoms with van der Waals surface area (Å²) in [4.78, 5) is 84.1. The second kappa shape index (κ2) is 12.4. The lowest BCUT2D eigenvalue weighted by atomic mass is 9.95. The molecule has 0 radical (unpaired) electrons. The molecule has 4 fully saturated rings. The molecule has 3 amide bonds. The Morgan fingerprint density at radius 1 is 1.00 bits per heavy atom. The molecule has 0 aliphatic carbocycles. The van der Waals surface area contributed by atoms with Crippen LogP contribution in [0.2, 0.25) is 0 Å². The molecule has 4 saturated heterocycles. The number of amides is 3. The molecule has 0 bridgehead atoms. The highest BCUT2D eigenvalue weighted by Crippen LogP contribution is 2.52. The molecule has 4 heterocycles. The second-order valence-electron chi connectivity index (χ2n) is 12.5. The summed E-state index contributed by atoms with van der Waals surface area (Å²) in [5, 5.41) is 11.8. The van der Waals surface area contributed by atoms with Gasteiger partial charge in [0.1, 0.15) is 29.2 Å². The number of rotatable bonds is 10. The number of fused-ring (bicyclic) bond motifs is 2. The van der Waals surface area contributed by atoms with Crippen LogP contribution in [0.15, 0.2) is 29.3 Å². The summed E-state index contributed by atoms with van der Waals surface area (Å²) in [6.07, 6.45) is 0.224. The van der Waals surface area contributed by atoms with E-state index in [1.54, 1.807) is 20.8 Å². The Morgan fingerprint density at radius 2 is 1.59 bits per heavy atom. The van der Waals surface area contributed by atoms with Crippen molar-refractivity contribution >= 4 is 64.9 Å². The van der Waals surface area contributed by atoms with E-state index >= 15 is 0 Å². The van der Waals surface area contributed by atoms with Crippen molar-refractivity contribution in [2.75, 3.05) is 13.9 Å². The summed E-state index contributed by atoms with van der Waals surface area (Å²) >= 11 is 2.84. The van der Waals surface area contributed by atoms with E-state index in [2.05, 4.69) is 15.0 Å². The molecule has 46 heavy (non-hydrogen) atoms. The zero-order chi connectivity index (χ0) is 33.7. The number of ether oxygens (including phenoxy) is 3. The Kier molecular flexibility index (Phi) is 9.07. The molecule has 16 heteroatoms. The standard InChI is InChI=1S/C30H36N4O10S2/c1-14(11-19(37)42-6)31-20(15-7-9-16(35)10-8-15)24(38)32-21-25(39)34-23(30(4,5)46-26(21)34)28(41)44-13-43-27(40)22-29(2,3)45-18-12-17(36)33(18)22/h7-10,18,20-23,26,35H,11-13H2,1-6H3,(H,32,38)/t18-,20?,21-,22+,23+,26-/m1/s1. The van der Waals surface area contributed by atoms with Crippen LogP contribution < -0.4 is 5.32 Å². The molecule has 248 valence electrons. The summed E-state index contributed by atoms with van der Waals surface area (Å²) in [6, 6.07) is 1.91. The second-order valence-corrected chi connectivity index (χ2v) is 16.1. The fraction of sp³-hybridized carbons (Fsp3) is 0.567. The first-order chi connectivity index (χ1) is 21.6. The molecule has 0 saturated carbocycles. The number of esters is 3. The maximum Gasteiger partial charge on any atom is 0.333 e. The number of hydrogen-bond acceptors (Lipinski definition) is 13. The number of benzene rings is 1. The van der Waals surface area contributed by atoms with E-state index in [9.17, 15) is 33.9 Å².